The number of benzene rings is 2. The van der Waals surface area contributed by atoms with Crippen LogP contribution in [0.1, 0.15) is 47.8 Å². The van der Waals surface area contributed by atoms with Crippen LogP contribution in [-0.4, -0.2) is 26.7 Å². The maximum absolute atomic E-state index is 13.3. The molecule has 1 aromatic heterocycles. The predicted octanol–water partition coefficient (Wildman–Crippen LogP) is 5.32. The lowest BCUT2D eigenvalue weighted by molar-refractivity contribution is -0.140. The van der Waals surface area contributed by atoms with Gasteiger partial charge in [0, 0.05) is 21.1 Å². The van der Waals surface area contributed by atoms with Crippen molar-refractivity contribution in [2.75, 3.05) is 0 Å². The number of rotatable bonds is 5. The molecule has 0 radical (unpaired) electrons. The van der Waals surface area contributed by atoms with Crippen molar-refractivity contribution in [2.45, 2.75) is 33.1 Å². The molecule has 3 rings (SSSR count). The Morgan fingerprint density at radius 2 is 1.79 bits per heavy atom. The zero-order valence-corrected chi connectivity index (χ0v) is 17.5. The summed E-state index contributed by atoms with van der Waals surface area (Å²) in [5.41, 5.74) is 2.26. The van der Waals surface area contributed by atoms with Crippen LogP contribution in [0.25, 0.3) is 10.9 Å². The first-order valence-corrected chi connectivity index (χ1v) is 9.92. The fourth-order valence-corrected chi connectivity index (χ4v) is 3.96. The number of carbonyl (C=O) groups is 2. The first kappa shape index (κ1) is 20.1. The van der Waals surface area contributed by atoms with Gasteiger partial charge >= 0.3 is 5.97 Å². The number of aromatic hydroxyl groups is 1. The van der Waals surface area contributed by atoms with E-state index in [4.69, 9.17) is 0 Å². The molecule has 0 saturated carbocycles. The molecule has 0 aliphatic heterocycles. The zero-order valence-electron chi connectivity index (χ0n) is 15.9. The van der Waals surface area contributed by atoms with E-state index in [-0.39, 0.29) is 17.6 Å². The van der Waals surface area contributed by atoms with Crippen LogP contribution >= 0.6 is 15.9 Å². The number of nitrogens with zero attached hydrogens (tertiary/aromatic N) is 1. The Morgan fingerprint density at radius 1 is 1.14 bits per heavy atom. The zero-order chi connectivity index (χ0) is 20.6. The van der Waals surface area contributed by atoms with E-state index in [0.29, 0.717) is 34.1 Å². The molecule has 0 spiro atoms. The Morgan fingerprint density at radius 3 is 2.36 bits per heavy atom. The number of aliphatic carboxylic acids is 1. The summed E-state index contributed by atoms with van der Waals surface area (Å²) in [6, 6.07) is 11.7. The van der Waals surface area contributed by atoms with E-state index in [9.17, 15) is 19.8 Å². The molecule has 2 aromatic carbocycles. The number of aromatic nitrogens is 1. The van der Waals surface area contributed by atoms with E-state index in [1.807, 2.05) is 13.8 Å². The number of fused-ring (bicyclic) bond motifs is 1. The molecule has 0 bridgehead atoms. The van der Waals surface area contributed by atoms with Crippen LogP contribution in [0.4, 0.5) is 0 Å². The molecule has 5 nitrogen and oxygen atoms in total. The average molecular weight is 444 g/mol. The number of phenols is 1. The normalized spacial score (nSPS) is 13.4. The molecule has 3 aromatic rings. The van der Waals surface area contributed by atoms with Crippen LogP contribution in [0.3, 0.4) is 0 Å². The Hall–Kier alpha value is -2.60. The second-order valence-electron chi connectivity index (χ2n) is 7.05. The monoisotopic (exact) mass is 443 g/mol. The molecule has 0 amide bonds. The van der Waals surface area contributed by atoms with Gasteiger partial charge in [0.2, 0.25) is 0 Å². The van der Waals surface area contributed by atoms with Crippen LogP contribution in [0, 0.1) is 12.8 Å². The predicted molar refractivity (Wildman–Crippen MR) is 112 cm³/mol. The van der Waals surface area contributed by atoms with Crippen molar-refractivity contribution >= 4 is 38.7 Å². The summed E-state index contributed by atoms with van der Waals surface area (Å²) in [7, 11) is 0. The van der Waals surface area contributed by atoms with Gasteiger partial charge in [-0.3, -0.25) is 14.2 Å². The maximum atomic E-state index is 13.3. The Balaban J connectivity index is 2.30. The molecule has 2 N–H and O–H groups in total. The van der Waals surface area contributed by atoms with Crippen molar-refractivity contribution in [3.63, 3.8) is 0 Å². The van der Waals surface area contributed by atoms with E-state index in [2.05, 4.69) is 15.9 Å². The van der Waals surface area contributed by atoms with Gasteiger partial charge in [-0.25, -0.2) is 0 Å². The molecular weight excluding hydrogens is 422 g/mol. The van der Waals surface area contributed by atoms with E-state index in [0.717, 1.165) is 4.47 Å². The quantitative estimate of drug-likeness (QED) is 0.558. The van der Waals surface area contributed by atoms with Crippen molar-refractivity contribution < 1.29 is 19.8 Å². The van der Waals surface area contributed by atoms with Gasteiger partial charge in [0.1, 0.15) is 5.75 Å². The summed E-state index contributed by atoms with van der Waals surface area (Å²) < 4.78 is 2.41. The number of hydrogen-bond acceptors (Lipinski definition) is 3. The lowest BCUT2D eigenvalue weighted by Gasteiger charge is -2.20. The van der Waals surface area contributed by atoms with Gasteiger partial charge in [-0.05, 0) is 60.9 Å². The molecule has 146 valence electrons. The summed E-state index contributed by atoms with van der Waals surface area (Å²) in [5, 5.41) is 20.5. The topological polar surface area (TPSA) is 79.5 Å². The second-order valence-corrected chi connectivity index (χ2v) is 7.97. The van der Waals surface area contributed by atoms with Gasteiger partial charge in [0.15, 0.2) is 0 Å². The third kappa shape index (κ3) is 3.44. The molecule has 1 unspecified atom stereocenters. The number of carboxylic acid groups (broad SMARTS) is 1. The minimum absolute atomic E-state index is 0.0373. The minimum atomic E-state index is -0.934. The number of phenolic OH excluding ortho intramolecular Hbond substituents is 1. The highest BCUT2D eigenvalue weighted by atomic mass is 79.9. The van der Waals surface area contributed by atoms with Crippen molar-refractivity contribution in [1.82, 2.24) is 4.57 Å². The van der Waals surface area contributed by atoms with E-state index in [1.54, 1.807) is 47.9 Å². The molecular formula is C22H22BrNO4. The number of hydrogen-bond donors (Lipinski definition) is 2. The van der Waals surface area contributed by atoms with Crippen LogP contribution in [-0.2, 0) is 4.79 Å². The van der Waals surface area contributed by atoms with E-state index < -0.39 is 11.9 Å². The smallest absolute Gasteiger partial charge is 0.311 e. The van der Waals surface area contributed by atoms with Crippen molar-refractivity contribution in [2.24, 2.45) is 5.92 Å². The molecule has 1 heterocycles. The highest BCUT2D eigenvalue weighted by Gasteiger charge is 2.32. The van der Waals surface area contributed by atoms with Gasteiger partial charge in [0.05, 0.1) is 11.4 Å². The van der Waals surface area contributed by atoms with Crippen molar-refractivity contribution in [3.05, 3.63) is 63.8 Å². The lowest BCUT2D eigenvalue weighted by atomic mass is 9.84. The fraction of sp³-hybridized carbons (Fsp3) is 0.273. The standard InChI is InChI=1S/C22H22BrNO4/c1-4-12(2)19(22(27)28)20-13(3)24(18-10-9-16(25)11-17(18)20)21(26)14-5-7-15(23)8-6-14/h5-12,19,25H,4H2,1-3H3,(H,27,28)/t12?,19-/m1/s1. The molecule has 28 heavy (non-hydrogen) atoms. The maximum Gasteiger partial charge on any atom is 0.311 e. The Labute approximate surface area is 171 Å². The minimum Gasteiger partial charge on any atom is -0.508 e. The first-order valence-electron chi connectivity index (χ1n) is 9.13. The van der Waals surface area contributed by atoms with Gasteiger partial charge in [0.25, 0.3) is 5.91 Å². The summed E-state index contributed by atoms with van der Waals surface area (Å²) in [4.78, 5) is 25.4. The SMILES string of the molecule is CCC(C)[C@@H](C(=O)O)c1c(C)n(C(=O)c2ccc(Br)cc2)c2ccc(O)cc12. The van der Waals surface area contributed by atoms with Crippen molar-refractivity contribution in [1.29, 1.82) is 0 Å². The largest absolute Gasteiger partial charge is 0.508 e. The highest BCUT2D eigenvalue weighted by Crippen LogP contribution is 2.38. The Kier molecular flexibility index (Phi) is 5.61. The molecule has 0 fully saturated rings. The molecule has 0 aliphatic carbocycles. The van der Waals surface area contributed by atoms with Gasteiger partial charge in [-0.15, -0.1) is 0 Å². The Bertz CT molecular complexity index is 1050. The third-order valence-corrected chi connectivity index (χ3v) is 5.85. The summed E-state index contributed by atoms with van der Waals surface area (Å²) in [6.45, 7) is 5.60. The van der Waals surface area contributed by atoms with Gasteiger partial charge in [-0.2, -0.15) is 0 Å². The van der Waals surface area contributed by atoms with Crippen molar-refractivity contribution in [3.8, 4) is 5.75 Å². The van der Waals surface area contributed by atoms with Crippen LogP contribution < -0.4 is 0 Å². The van der Waals surface area contributed by atoms with Crippen LogP contribution in [0.2, 0.25) is 0 Å². The molecule has 0 aliphatic rings. The highest BCUT2D eigenvalue weighted by molar-refractivity contribution is 9.10. The number of halogens is 1. The average Bonchev–Trinajstić information content (AvgIpc) is 2.93. The number of carboxylic acids is 1. The van der Waals surface area contributed by atoms with Crippen LogP contribution in [0.5, 0.6) is 5.75 Å². The summed E-state index contributed by atoms with van der Waals surface area (Å²) in [6.07, 6.45) is 0.683. The summed E-state index contributed by atoms with van der Waals surface area (Å²) in [5.74, 6) is -2.03. The molecule has 6 heteroatoms. The first-order chi connectivity index (χ1) is 13.3. The van der Waals surface area contributed by atoms with Gasteiger partial charge in [-0.1, -0.05) is 36.2 Å². The van der Waals surface area contributed by atoms with E-state index >= 15 is 0 Å². The fourth-order valence-electron chi connectivity index (χ4n) is 3.69. The summed E-state index contributed by atoms with van der Waals surface area (Å²) >= 11 is 3.36. The van der Waals surface area contributed by atoms with E-state index in [1.165, 1.54) is 6.07 Å². The second kappa shape index (κ2) is 7.80. The lowest BCUT2D eigenvalue weighted by Crippen LogP contribution is -2.21. The molecule has 0 saturated heterocycles. The third-order valence-electron chi connectivity index (χ3n) is 5.32. The number of carbonyl (C=O) groups excluding carboxylic acids is 1. The van der Waals surface area contributed by atoms with Gasteiger partial charge < -0.3 is 10.2 Å². The van der Waals surface area contributed by atoms with Crippen LogP contribution in [0.15, 0.2) is 46.9 Å². The molecule has 2 atom stereocenters.